The molecule has 3 nitrogen and oxygen atoms in total. The molecule has 2 aromatic carbocycles. The number of rotatable bonds is 6. The van der Waals surface area contributed by atoms with Crippen LogP contribution in [0.25, 0.3) is 11.1 Å². The Morgan fingerprint density at radius 1 is 1.04 bits per heavy atom. The average molecular weight is 337 g/mol. The summed E-state index contributed by atoms with van der Waals surface area (Å²) in [6, 6.07) is 16.0. The molecule has 128 valence electrons. The Hall–Kier alpha value is -2.34. The van der Waals surface area contributed by atoms with Gasteiger partial charge in [-0.1, -0.05) is 54.6 Å². The van der Waals surface area contributed by atoms with E-state index in [1.54, 1.807) is 12.1 Å². The van der Waals surface area contributed by atoms with Gasteiger partial charge in [0.1, 0.15) is 6.04 Å². The number of benzene rings is 2. The summed E-state index contributed by atoms with van der Waals surface area (Å²) in [6.45, 7) is -1.24. The van der Waals surface area contributed by atoms with E-state index in [1.807, 2.05) is 42.5 Å². The van der Waals surface area contributed by atoms with E-state index in [4.69, 9.17) is 0 Å². The summed E-state index contributed by atoms with van der Waals surface area (Å²) >= 11 is 0. The Balaban J connectivity index is 2.07. The molecule has 2 aromatic rings. The molecule has 0 aromatic heterocycles. The summed E-state index contributed by atoms with van der Waals surface area (Å²) < 4.78 is 41.6. The lowest BCUT2D eigenvalue weighted by Gasteiger charge is -2.18. The number of carbonyl (C=O) groups is 1. The van der Waals surface area contributed by atoms with Crippen LogP contribution >= 0.6 is 0 Å². The first kappa shape index (κ1) is 18.0. The summed E-state index contributed by atoms with van der Waals surface area (Å²) in [5, 5.41) is 2.21. The molecule has 0 heterocycles. The van der Waals surface area contributed by atoms with Crippen molar-refractivity contribution in [1.82, 2.24) is 5.32 Å². The highest BCUT2D eigenvalue weighted by Gasteiger charge is 2.30. The van der Waals surface area contributed by atoms with Crippen molar-refractivity contribution in [3.05, 3.63) is 60.2 Å². The van der Waals surface area contributed by atoms with Gasteiger partial charge in [-0.2, -0.15) is 13.2 Å². The number of halogens is 3. The SMILES string of the molecule is COC(=O)[C@H](Cc1ccc(-c2ccccc2)cc1)NCC(F)(F)F. The van der Waals surface area contributed by atoms with E-state index < -0.39 is 24.7 Å². The fourth-order valence-corrected chi connectivity index (χ4v) is 2.32. The quantitative estimate of drug-likeness (QED) is 0.819. The van der Waals surface area contributed by atoms with Crippen LogP contribution in [-0.2, 0) is 16.0 Å². The van der Waals surface area contributed by atoms with Gasteiger partial charge in [0.05, 0.1) is 13.7 Å². The smallest absolute Gasteiger partial charge is 0.401 e. The average Bonchev–Trinajstić information content (AvgIpc) is 2.58. The zero-order valence-electron chi connectivity index (χ0n) is 13.1. The molecule has 6 heteroatoms. The Bertz CT molecular complexity index is 654. The van der Waals surface area contributed by atoms with Crippen molar-refractivity contribution in [2.24, 2.45) is 0 Å². The van der Waals surface area contributed by atoms with Crippen LogP contribution in [0.2, 0.25) is 0 Å². The number of carbonyl (C=O) groups excluding carboxylic acids is 1. The molecule has 0 fully saturated rings. The minimum absolute atomic E-state index is 0.123. The lowest BCUT2D eigenvalue weighted by atomic mass is 10.0. The van der Waals surface area contributed by atoms with Gasteiger partial charge in [-0.25, -0.2) is 0 Å². The predicted molar refractivity (Wildman–Crippen MR) is 85.4 cm³/mol. The molecule has 2 rings (SSSR count). The van der Waals surface area contributed by atoms with Crippen LogP contribution in [0, 0.1) is 0 Å². The summed E-state index contributed by atoms with van der Waals surface area (Å²) in [6.07, 6.45) is -4.26. The van der Waals surface area contributed by atoms with Gasteiger partial charge < -0.3 is 4.74 Å². The third kappa shape index (κ3) is 5.38. The van der Waals surface area contributed by atoms with E-state index in [0.717, 1.165) is 23.8 Å². The molecule has 0 aliphatic heterocycles. The minimum Gasteiger partial charge on any atom is -0.468 e. The van der Waals surface area contributed by atoms with Crippen LogP contribution in [0.3, 0.4) is 0 Å². The van der Waals surface area contributed by atoms with E-state index in [0.29, 0.717) is 0 Å². The normalized spacial score (nSPS) is 12.7. The molecular weight excluding hydrogens is 319 g/mol. The monoisotopic (exact) mass is 337 g/mol. The zero-order valence-corrected chi connectivity index (χ0v) is 13.1. The number of ether oxygens (including phenoxy) is 1. The van der Waals surface area contributed by atoms with Crippen molar-refractivity contribution in [1.29, 1.82) is 0 Å². The van der Waals surface area contributed by atoms with E-state index in [1.165, 1.54) is 0 Å². The first-order chi connectivity index (χ1) is 11.4. The summed E-state index contributed by atoms with van der Waals surface area (Å²) in [5.74, 6) is -0.716. The molecule has 0 aliphatic carbocycles. The number of hydrogen-bond donors (Lipinski definition) is 1. The molecule has 1 atom stereocenters. The summed E-state index contributed by atoms with van der Waals surface area (Å²) in [7, 11) is 1.16. The Morgan fingerprint density at radius 2 is 1.62 bits per heavy atom. The minimum atomic E-state index is -4.39. The molecular formula is C18H18F3NO2. The second-order valence-electron chi connectivity index (χ2n) is 5.34. The lowest BCUT2D eigenvalue weighted by Crippen LogP contribution is -2.44. The maximum atomic E-state index is 12.3. The molecule has 0 saturated heterocycles. The Labute approximate surface area is 138 Å². The van der Waals surface area contributed by atoms with E-state index in [-0.39, 0.29) is 6.42 Å². The number of nitrogens with one attached hydrogen (secondary N) is 1. The van der Waals surface area contributed by atoms with Gasteiger partial charge in [-0.15, -0.1) is 0 Å². The van der Waals surface area contributed by atoms with Gasteiger partial charge in [0.2, 0.25) is 0 Å². The van der Waals surface area contributed by atoms with Crippen molar-refractivity contribution in [2.75, 3.05) is 13.7 Å². The number of methoxy groups -OCH3 is 1. The van der Waals surface area contributed by atoms with Crippen LogP contribution in [0.4, 0.5) is 13.2 Å². The Kier molecular flexibility index (Phi) is 5.98. The van der Waals surface area contributed by atoms with Gasteiger partial charge in [-0.3, -0.25) is 10.1 Å². The first-order valence-corrected chi connectivity index (χ1v) is 7.41. The molecule has 0 saturated carbocycles. The predicted octanol–water partition coefficient (Wildman–Crippen LogP) is 3.59. The molecule has 0 aliphatic rings. The van der Waals surface area contributed by atoms with Crippen LogP contribution < -0.4 is 5.32 Å². The fraction of sp³-hybridized carbons (Fsp3) is 0.278. The van der Waals surface area contributed by atoms with Gasteiger partial charge in [0, 0.05) is 0 Å². The molecule has 0 spiro atoms. The molecule has 0 radical (unpaired) electrons. The molecule has 0 unspecified atom stereocenters. The second kappa shape index (κ2) is 7.97. The van der Waals surface area contributed by atoms with Crippen molar-refractivity contribution >= 4 is 5.97 Å². The number of esters is 1. The summed E-state index contributed by atoms with van der Waals surface area (Å²) in [4.78, 5) is 11.7. The van der Waals surface area contributed by atoms with Gasteiger partial charge in [0.25, 0.3) is 0 Å². The van der Waals surface area contributed by atoms with Crippen LogP contribution in [0.15, 0.2) is 54.6 Å². The number of alkyl halides is 3. The van der Waals surface area contributed by atoms with E-state index >= 15 is 0 Å². The molecule has 24 heavy (non-hydrogen) atoms. The van der Waals surface area contributed by atoms with Crippen molar-refractivity contribution < 1.29 is 22.7 Å². The van der Waals surface area contributed by atoms with Crippen molar-refractivity contribution in [3.8, 4) is 11.1 Å². The highest BCUT2D eigenvalue weighted by molar-refractivity contribution is 5.76. The molecule has 0 amide bonds. The van der Waals surface area contributed by atoms with Gasteiger partial charge >= 0.3 is 12.1 Å². The van der Waals surface area contributed by atoms with Gasteiger partial charge in [-0.05, 0) is 23.1 Å². The highest BCUT2D eigenvalue weighted by Crippen LogP contribution is 2.20. The van der Waals surface area contributed by atoms with Crippen LogP contribution in [-0.4, -0.2) is 31.8 Å². The topological polar surface area (TPSA) is 38.3 Å². The summed E-state index contributed by atoms with van der Waals surface area (Å²) in [5.41, 5.74) is 2.79. The molecule has 1 N–H and O–H groups in total. The van der Waals surface area contributed by atoms with Crippen LogP contribution in [0.5, 0.6) is 0 Å². The second-order valence-corrected chi connectivity index (χ2v) is 5.34. The Morgan fingerprint density at radius 3 is 2.17 bits per heavy atom. The standard InChI is InChI=1S/C18H18F3NO2/c1-24-17(23)16(22-12-18(19,20)21)11-13-7-9-15(10-8-13)14-5-3-2-4-6-14/h2-10,16,22H,11-12H2,1H3/t16-/m0/s1. The van der Waals surface area contributed by atoms with Gasteiger partial charge in [0.15, 0.2) is 0 Å². The van der Waals surface area contributed by atoms with Crippen molar-refractivity contribution in [3.63, 3.8) is 0 Å². The largest absolute Gasteiger partial charge is 0.468 e. The highest BCUT2D eigenvalue weighted by atomic mass is 19.4. The van der Waals surface area contributed by atoms with E-state index in [9.17, 15) is 18.0 Å². The van der Waals surface area contributed by atoms with E-state index in [2.05, 4.69) is 10.1 Å². The van der Waals surface area contributed by atoms with Crippen molar-refractivity contribution in [2.45, 2.75) is 18.6 Å². The molecule has 0 bridgehead atoms. The zero-order chi connectivity index (χ0) is 17.6. The fourth-order valence-electron chi connectivity index (χ4n) is 2.32. The maximum absolute atomic E-state index is 12.3. The number of hydrogen-bond acceptors (Lipinski definition) is 3. The maximum Gasteiger partial charge on any atom is 0.401 e. The lowest BCUT2D eigenvalue weighted by molar-refractivity contribution is -0.146. The third-order valence-corrected chi connectivity index (χ3v) is 3.54. The van der Waals surface area contributed by atoms with Crippen LogP contribution in [0.1, 0.15) is 5.56 Å². The third-order valence-electron chi connectivity index (χ3n) is 3.54. The first-order valence-electron chi connectivity index (χ1n) is 7.41.